The van der Waals surface area contributed by atoms with Crippen LogP contribution < -0.4 is 0 Å². The summed E-state index contributed by atoms with van der Waals surface area (Å²) in [5.74, 6) is 0.611. The Balaban J connectivity index is 0.000000805. The molecule has 0 aliphatic heterocycles. The fourth-order valence-electron chi connectivity index (χ4n) is 3.55. The summed E-state index contributed by atoms with van der Waals surface area (Å²) in [7, 11) is 5.62. The molecule has 0 amide bonds. The predicted molar refractivity (Wildman–Crippen MR) is 166 cm³/mol. The molecule has 0 saturated carbocycles. The number of allylic oxidation sites excluding steroid dienone is 6. The Morgan fingerprint density at radius 3 is 2.17 bits per heavy atom. The number of Topliss-reactive ketones (excluding diaryl/α,β-unsaturated/α-hetero) is 1. The minimum Gasteiger partial charge on any atom is -0.504 e. The van der Waals surface area contributed by atoms with E-state index in [2.05, 4.69) is 16.8 Å². The Kier molecular flexibility index (Phi) is 16.8. The van der Waals surface area contributed by atoms with E-state index in [0.29, 0.717) is 22.9 Å². The second-order valence-electron chi connectivity index (χ2n) is 9.50. The Hall–Kier alpha value is -3.71. The zero-order chi connectivity index (χ0) is 31.0. The van der Waals surface area contributed by atoms with Crippen LogP contribution in [0, 0.1) is 12.7 Å². The quantitative estimate of drug-likeness (QED) is 0.109. The van der Waals surface area contributed by atoms with Crippen molar-refractivity contribution in [3.63, 3.8) is 0 Å². The van der Waals surface area contributed by atoms with E-state index in [1.807, 2.05) is 66.9 Å². The fourth-order valence-corrected chi connectivity index (χ4v) is 3.55. The van der Waals surface area contributed by atoms with Crippen molar-refractivity contribution in [1.82, 2.24) is 4.90 Å². The molecule has 0 aromatic heterocycles. The fraction of sp³-hybridized carbons (Fsp3) is 0.394. The van der Waals surface area contributed by atoms with Gasteiger partial charge in [0.25, 0.3) is 0 Å². The van der Waals surface area contributed by atoms with Crippen LogP contribution >= 0.6 is 0 Å². The summed E-state index contributed by atoms with van der Waals surface area (Å²) in [4.78, 5) is 18.5. The highest BCUT2D eigenvalue weighted by atomic mass is 19.1. The minimum absolute atomic E-state index is 0.0480. The first-order valence-corrected chi connectivity index (χ1v) is 13.4. The number of aryl methyl sites for hydroxylation is 1. The molecule has 0 heterocycles. The van der Waals surface area contributed by atoms with Crippen molar-refractivity contribution in [3.05, 3.63) is 88.6 Å². The zero-order valence-electron chi connectivity index (χ0n) is 26.0. The lowest BCUT2D eigenvalue weighted by Gasteiger charge is -2.17. The number of aromatic hydroxyl groups is 2. The van der Waals surface area contributed by atoms with Crippen molar-refractivity contribution in [2.45, 2.75) is 61.3 Å². The molecule has 1 atom stereocenters. The number of carbonyl (C=O) groups excluding carboxylic acids is 1. The third kappa shape index (κ3) is 12.9. The molecule has 2 rings (SSSR count). The van der Waals surface area contributed by atoms with Crippen molar-refractivity contribution in [2.24, 2.45) is 4.99 Å². The van der Waals surface area contributed by atoms with Gasteiger partial charge in [-0.05, 0) is 106 Å². The topological polar surface area (TPSA) is 82.4 Å². The number of halogens is 1. The molecule has 7 heteroatoms. The molecule has 220 valence electrons. The zero-order valence-corrected chi connectivity index (χ0v) is 26.0. The van der Waals surface area contributed by atoms with Crippen LogP contribution in [0.15, 0.2) is 71.1 Å². The van der Waals surface area contributed by atoms with E-state index in [1.54, 1.807) is 38.3 Å². The molecule has 0 saturated heterocycles. The number of rotatable bonds is 9. The molecule has 0 bridgehead atoms. The number of nitrogens with zero attached hydrogens (tertiary/aromatic N) is 2. The van der Waals surface area contributed by atoms with Crippen LogP contribution in [-0.2, 0) is 9.53 Å². The maximum absolute atomic E-state index is 13.4. The largest absolute Gasteiger partial charge is 0.504 e. The van der Waals surface area contributed by atoms with Gasteiger partial charge in [0.2, 0.25) is 0 Å². The highest BCUT2D eigenvalue weighted by Crippen LogP contribution is 2.28. The molecule has 0 aliphatic rings. The highest BCUT2D eigenvalue weighted by molar-refractivity contribution is 6.05. The number of phenolic OH excluding ortho intramolecular Hbond substituents is 2. The summed E-state index contributed by atoms with van der Waals surface area (Å²) < 4.78 is 18.5. The molecule has 40 heavy (non-hydrogen) atoms. The van der Waals surface area contributed by atoms with Gasteiger partial charge in [0.05, 0.1) is 12.9 Å². The van der Waals surface area contributed by atoms with E-state index >= 15 is 0 Å². The van der Waals surface area contributed by atoms with Crippen LogP contribution in [0.2, 0.25) is 0 Å². The van der Waals surface area contributed by atoms with Crippen molar-refractivity contribution in [3.8, 4) is 11.5 Å². The lowest BCUT2D eigenvalue weighted by molar-refractivity contribution is -0.113. The van der Waals surface area contributed by atoms with Gasteiger partial charge in [-0.3, -0.25) is 4.79 Å². The molecule has 6 nitrogen and oxygen atoms in total. The first-order chi connectivity index (χ1) is 18.8. The first kappa shape index (κ1) is 36.3. The lowest BCUT2D eigenvalue weighted by Crippen LogP contribution is -2.18. The number of hydrogen-bond acceptors (Lipinski definition) is 6. The molecule has 2 N–H and O–H groups in total. The van der Waals surface area contributed by atoms with E-state index in [0.717, 1.165) is 29.0 Å². The molecule has 2 aromatic rings. The number of ketones is 1. The SMILES string of the molecule is CC.CC(CN(C)C)c1ccc(O)c(O)c1.CO/C(C)=C/C=C\C(C)=N\C(C(C)=O)=C(/C)c1ccc(F)c(C)c1. The normalized spacial score (nSPS) is 13.1. The second kappa shape index (κ2) is 18.6. The Bertz CT molecular complexity index is 1230. The van der Waals surface area contributed by atoms with Crippen molar-refractivity contribution in [1.29, 1.82) is 0 Å². The van der Waals surface area contributed by atoms with E-state index in [9.17, 15) is 14.3 Å². The number of likely N-dealkylation sites (N-methyl/N-ethyl adjacent to an activating group) is 1. The summed E-state index contributed by atoms with van der Waals surface area (Å²) in [6, 6.07) is 9.76. The minimum atomic E-state index is -0.265. The van der Waals surface area contributed by atoms with Crippen molar-refractivity contribution < 1.29 is 24.1 Å². The Labute approximate surface area is 240 Å². The summed E-state index contributed by atoms with van der Waals surface area (Å²) in [6.45, 7) is 15.7. The Morgan fingerprint density at radius 1 is 1.05 bits per heavy atom. The molecule has 1 unspecified atom stereocenters. The smallest absolute Gasteiger partial charge is 0.178 e. The average Bonchev–Trinajstić information content (AvgIpc) is 2.90. The van der Waals surface area contributed by atoms with Crippen molar-refractivity contribution >= 4 is 17.1 Å². The number of phenols is 2. The molecular weight excluding hydrogens is 507 g/mol. The monoisotopic (exact) mass is 554 g/mol. The number of aliphatic imine (C=N–C) groups is 1. The Morgan fingerprint density at radius 2 is 1.68 bits per heavy atom. The van der Waals surface area contributed by atoms with Gasteiger partial charge in [0.15, 0.2) is 17.3 Å². The molecule has 0 spiro atoms. The van der Waals surface area contributed by atoms with E-state index in [-0.39, 0.29) is 23.1 Å². The maximum atomic E-state index is 13.4. The number of methoxy groups -OCH3 is 1. The number of carbonyl (C=O) groups is 1. The van der Waals surface area contributed by atoms with Crippen molar-refractivity contribution in [2.75, 3.05) is 27.7 Å². The lowest BCUT2D eigenvalue weighted by atomic mass is 10.0. The third-order valence-electron chi connectivity index (χ3n) is 5.77. The maximum Gasteiger partial charge on any atom is 0.178 e. The van der Waals surface area contributed by atoms with Gasteiger partial charge in [-0.15, -0.1) is 0 Å². The van der Waals surface area contributed by atoms with Gasteiger partial charge in [-0.1, -0.05) is 39.0 Å². The summed E-state index contributed by atoms with van der Waals surface area (Å²) in [6.07, 6.45) is 5.42. The van der Waals surface area contributed by atoms with Crippen LogP contribution in [0.25, 0.3) is 5.57 Å². The van der Waals surface area contributed by atoms with E-state index < -0.39 is 0 Å². The van der Waals surface area contributed by atoms with E-state index in [1.165, 1.54) is 19.1 Å². The van der Waals surface area contributed by atoms with Gasteiger partial charge >= 0.3 is 0 Å². The van der Waals surface area contributed by atoms with Crippen LogP contribution in [0.5, 0.6) is 11.5 Å². The van der Waals surface area contributed by atoms with Crippen LogP contribution in [0.3, 0.4) is 0 Å². The molecular formula is C33H47FN2O4. The molecule has 0 aliphatic carbocycles. The van der Waals surface area contributed by atoms with Gasteiger partial charge in [-0.2, -0.15) is 0 Å². The molecule has 0 fully saturated rings. The number of benzene rings is 2. The third-order valence-corrected chi connectivity index (χ3v) is 5.77. The molecule has 0 radical (unpaired) electrons. The predicted octanol–water partition coefficient (Wildman–Crippen LogP) is 7.81. The highest BCUT2D eigenvalue weighted by Gasteiger charge is 2.11. The summed E-state index contributed by atoms with van der Waals surface area (Å²) >= 11 is 0. The average molecular weight is 555 g/mol. The van der Waals surface area contributed by atoms with Gasteiger partial charge < -0.3 is 19.8 Å². The summed E-state index contributed by atoms with van der Waals surface area (Å²) in [5.41, 5.74) is 4.15. The number of hydrogen-bond donors (Lipinski definition) is 2. The van der Waals surface area contributed by atoms with Gasteiger partial charge in [-0.25, -0.2) is 9.38 Å². The molecule has 2 aromatic carbocycles. The first-order valence-electron chi connectivity index (χ1n) is 13.4. The second-order valence-corrected chi connectivity index (χ2v) is 9.50. The summed E-state index contributed by atoms with van der Waals surface area (Å²) in [5, 5.41) is 18.5. The standard InChI is InChI=1S/C20H24FNO2.C11H17NO2.C2H6/c1-13-12-18(10-11-19(13)21)16(4)20(17(5)23)22-14(2)8-7-9-15(3)24-6;1-8(7-12(2)3)9-4-5-10(13)11(14)6-9;1-2/h7-12H,1-6H3;4-6,8,13-14H,7H2,1-3H3;1-2H3/b8-7-,15-9+,20-16+,22-14+;;. The number of ether oxygens (including phenoxy) is 1. The van der Waals surface area contributed by atoms with Crippen LogP contribution in [-0.4, -0.2) is 54.4 Å². The van der Waals surface area contributed by atoms with Crippen LogP contribution in [0.1, 0.15) is 71.1 Å². The van der Waals surface area contributed by atoms with E-state index in [4.69, 9.17) is 9.84 Å². The van der Waals surface area contributed by atoms with Gasteiger partial charge in [0, 0.05) is 19.2 Å². The van der Waals surface area contributed by atoms with Crippen LogP contribution in [0.4, 0.5) is 4.39 Å². The van der Waals surface area contributed by atoms with Gasteiger partial charge in [0.1, 0.15) is 11.5 Å².